The lowest BCUT2D eigenvalue weighted by molar-refractivity contribution is -0.271. The summed E-state index contributed by atoms with van der Waals surface area (Å²) in [5.41, 5.74) is 1.87. The molecule has 1 aliphatic heterocycles. The number of phenolic OH excluding ortho intramolecular Hbond substituents is 2. The van der Waals surface area contributed by atoms with E-state index in [9.17, 15) is 30.3 Å². The molecular weight excluding hydrogens is 460 g/mol. The zero-order chi connectivity index (χ0) is 25.9. The molecule has 0 radical (unpaired) electrons. The molecule has 3 rings (SSSR count). The number of carboxylic acid groups (broad SMARTS) is 1. The number of ether oxygens (including phenoxy) is 3. The molecule has 6 N–H and O–H groups in total. The first-order valence-corrected chi connectivity index (χ1v) is 11.3. The lowest BCUT2D eigenvalue weighted by Gasteiger charge is -2.38. The molecule has 192 valence electrons. The Morgan fingerprint density at radius 3 is 2.06 bits per heavy atom. The molecule has 10 heteroatoms. The van der Waals surface area contributed by atoms with Gasteiger partial charge < -0.3 is 44.8 Å². The van der Waals surface area contributed by atoms with E-state index in [1.165, 1.54) is 19.2 Å². The maximum absolute atomic E-state index is 11.2. The minimum Gasteiger partial charge on any atom is -0.504 e. The van der Waals surface area contributed by atoms with Gasteiger partial charge in [-0.15, -0.1) is 0 Å². The number of hydrogen-bond donors (Lipinski definition) is 6. The van der Waals surface area contributed by atoms with Gasteiger partial charge in [-0.2, -0.15) is 0 Å². The average Bonchev–Trinajstić information content (AvgIpc) is 2.81. The second kappa shape index (κ2) is 11.1. The van der Waals surface area contributed by atoms with E-state index in [-0.39, 0.29) is 29.1 Å². The average molecular weight is 493 g/mol. The van der Waals surface area contributed by atoms with E-state index >= 15 is 0 Å². The first-order chi connectivity index (χ1) is 16.5. The van der Waals surface area contributed by atoms with Crippen LogP contribution in [0.25, 0.3) is 0 Å². The predicted molar refractivity (Wildman–Crippen MR) is 123 cm³/mol. The number of benzene rings is 2. The van der Waals surface area contributed by atoms with Crippen LogP contribution in [0.4, 0.5) is 0 Å². The summed E-state index contributed by atoms with van der Waals surface area (Å²) < 4.78 is 15.7. The van der Waals surface area contributed by atoms with Crippen molar-refractivity contribution in [3.05, 3.63) is 47.5 Å². The van der Waals surface area contributed by atoms with Crippen LogP contribution in [-0.4, -0.2) is 74.4 Å². The van der Waals surface area contributed by atoms with Crippen LogP contribution in [0, 0.1) is 11.8 Å². The van der Waals surface area contributed by atoms with Gasteiger partial charge in [-0.3, -0.25) is 0 Å². The van der Waals surface area contributed by atoms with Gasteiger partial charge in [0.05, 0.1) is 7.11 Å². The molecule has 0 aliphatic carbocycles. The van der Waals surface area contributed by atoms with E-state index < -0.39 is 36.7 Å². The summed E-state index contributed by atoms with van der Waals surface area (Å²) in [5, 5.41) is 59.2. The summed E-state index contributed by atoms with van der Waals surface area (Å²) in [7, 11) is 1.50. The molecule has 1 aliphatic rings. The van der Waals surface area contributed by atoms with E-state index in [2.05, 4.69) is 13.8 Å². The van der Waals surface area contributed by atoms with Crippen LogP contribution in [0.3, 0.4) is 0 Å². The van der Waals surface area contributed by atoms with Crippen LogP contribution < -0.4 is 9.47 Å². The zero-order valence-electron chi connectivity index (χ0n) is 19.7. The Balaban J connectivity index is 1.64. The van der Waals surface area contributed by atoms with Crippen LogP contribution in [0.15, 0.2) is 36.4 Å². The van der Waals surface area contributed by atoms with E-state index in [1.54, 1.807) is 12.1 Å². The Labute approximate surface area is 202 Å². The van der Waals surface area contributed by atoms with E-state index in [0.29, 0.717) is 12.2 Å². The molecule has 1 saturated heterocycles. The summed E-state index contributed by atoms with van der Waals surface area (Å²) in [6.07, 6.45) is -7.33. The van der Waals surface area contributed by atoms with Gasteiger partial charge in [0.2, 0.25) is 6.29 Å². The van der Waals surface area contributed by atoms with Gasteiger partial charge >= 0.3 is 5.97 Å². The van der Waals surface area contributed by atoms with Crippen LogP contribution in [-0.2, 0) is 22.4 Å². The Morgan fingerprint density at radius 1 is 0.886 bits per heavy atom. The monoisotopic (exact) mass is 492 g/mol. The molecule has 0 saturated carbocycles. The van der Waals surface area contributed by atoms with Crippen molar-refractivity contribution in [1.82, 2.24) is 0 Å². The highest BCUT2D eigenvalue weighted by molar-refractivity contribution is 5.73. The molecule has 7 atom stereocenters. The fourth-order valence-corrected chi connectivity index (χ4v) is 4.06. The van der Waals surface area contributed by atoms with Crippen LogP contribution >= 0.6 is 0 Å². The maximum Gasteiger partial charge on any atom is 0.335 e. The minimum atomic E-state index is -1.83. The van der Waals surface area contributed by atoms with Gasteiger partial charge in [-0.1, -0.05) is 26.0 Å². The minimum absolute atomic E-state index is 0.0672. The van der Waals surface area contributed by atoms with Crippen LogP contribution in [0.1, 0.15) is 25.0 Å². The number of carbonyl (C=O) groups is 1. The first-order valence-electron chi connectivity index (χ1n) is 11.3. The van der Waals surface area contributed by atoms with Gasteiger partial charge in [0.25, 0.3) is 0 Å². The second-order valence-electron chi connectivity index (χ2n) is 9.02. The highest BCUT2D eigenvalue weighted by Gasteiger charge is 2.48. The predicted octanol–water partition coefficient (Wildman–Crippen LogP) is 1.43. The number of hydrogen-bond acceptors (Lipinski definition) is 9. The SMILES string of the molecule is COc1cc(C[C@H](C)[C@H](C)Cc2ccc(O[C@@H]3O[C@H](C(=O)O)[C@@H](O)[C@H](O)[C@H]3O)c(O)c2)ccc1O. The summed E-state index contributed by atoms with van der Waals surface area (Å²) in [6, 6.07) is 9.98. The van der Waals surface area contributed by atoms with Gasteiger partial charge in [0.15, 0.2) is 29.1 Å². The molecule has 1 heterocycles. The number of methoxy groups -OCH3 is 1. The summed E-state index contributed by atoms with van der Waals surface area (Å²) in [5.74, 6) is -0.815. The summed E-state index contributed by atoms with van der Waals surface area (Å²) in [6.45, 7) is 4.20. The molecule has 2 aromatic carbocycles. The summed E-state index contributed by atoms with van der Waals surface area (Å²) in [4.78, 5) is 11.2. The zero-order valence-corrected chi connectivity index (χ0v) is 19.7. The number of phenols is 2. The Kier molecular flexibility index (Phi) is 8.44. The van der Waals surface area contributed by atoms with E-state index in [0.717, 1.165) is 17.5 Å². The van der Waals surface area contributed by atoms with Crippen LogP contribution in [0.5, 0.6) is 23.0 Å². The standard InChI is InChI=1S/C25H32O10/c1-12(13(2)9-15-4-6-16(26)19(11-15)33-3)8-14-5-7-18(17(27)10-14)34-25-22(30)20(28)21(29)23(35-25)24(31)32/h4-7,10-13,20-23,25-30H,8-9H2,1-3H3,(H,31,32)/t12-,13+,20+,21+,22-,23+,25-/m1/s1. The molecule has 0 spiro atoms. The normalized spacial score (nSPS) is 26.1. The van der Waals surface area contributed by atoms with Crippen molar-refractivity contribution in [1.29, 1.82) is 0 Å². The summed E-state index contributed by atoms with van der Waals surface area (Å²) >= 11 is 0. The number of aliphatic hydroxyl groups excluding tert-OH is 3. The van der Waals surface area contributed by atoms with E-state index in [1.807, 2.05) is 12.1 Å². The van der Waals surface area contributed by atoms with Crippen molar-refractivity contribution in [2.24, 2.45) is 11.8 Å². The van der Waals surface area contributed by atoms with Gasteiger partial charge in [-0.05, 0) is 60.1 Å². The third kappa shape index (κ3) is 6.15. The Bertz CT molecular complexity index is 1030. The Hall–Kier alpha value is -3.05. The fraction of sp³-hybridized carbons (Fsp3) is 0.480. The smallest absolute Gasteiger partial charge is 0.335 e. The van der Waals surface area contributed by atoms with Crippen LogP contribution in [0.2, 0.25) is 0 Å². The number of aliphatic carboxylic acids is 1. The second-order valence-corrected chi connectivity index (χ2v) is 9.02. The molecule has 0 bridgehead atoms. The molecule has 10 nitrogen and oxygen atoms in total. The number of aliphatic hydroxyl groups is 3. The van der Waals surface area contributed by atoms with Gasteiger partial charge in [0.1, 0.15) is 18.3 Å². The molecule has 2 aromatic rings. The van der Waals surface area contributed by atoms with Crippen molar-refractivity contribution < 1.29 is 49.6 Å². The lowest BCUT2D eigenvalue weighted by Crippen LogP contribution is -2.61. The molecule has 35 heavy (non-hydrogen) atoms. The number of carboxylic acids is 1. The van der Waals surface area contributed by atoms with E-state index in [4.69, 9.17) is 19.3 Å². The van der Waals surface area contributed by atoms with Gasteiger partial charge in [0, 0.05) is 0 Å². The van der Waals surface area contributed by atoms with Crippen molar-refractivity contribution in [3.63, 3.8) is 0 Å². The van der Waals surface area contributed by atoms with Crippen molar-refractivity contribution >= 4 is 5.97 Å². The highest BCUT2D eigenvalue weighted by Crippen LogP contribution is 2.33. The van der Waals surface area contributed by atoms with Crippen molar-refractivity contribution in [3.8, 4) is 23.0 Å². The number of aromatic hydroxyl groups is 2. The third-order valence-corrected chi connectivity index (χ3v) is 6.41. The van der Waals surface area contributed by atoms with Crippen molar-refractivity contribution in [2.75, 3.05) is 7.11 Å². The molecule has 1 fully saturated rings. The fourth-order valence-electron chi connectivity index (χ4n) is 4.06. The quantitative estimate of drug-likeness (QED) is 0.301. The third-order valence-electron chi connectivity index (χ3n) is 6.41. The highest BCUT2D eigenvalue weighted by atomic mass is 16.7. The lowest BCUT2D eigenvalue weighted by atomic mass is 9.85. The van der Waals surface area contributed by atoms with Gasteiger partial charge in [-0.25, -0.2) is 4.79 Å². The largest absolute Gasteiger partial charge is 0.504 e. The maximum atomic E-state index is 11.2. The molecule has 0 unspecified atom stereocenters. The number of rotatable bonds is 9. The molecule has 0 amide bonds. The topological polar surface area (TPSA) is 166 Å². The molecular formula is C25H32O10. The first kappa shape index (κ1) is 26.6. The Morgan fingerprint density at radius 2 is 1.49 bits per heavy atom. The molecule has 0 aromatic heterocycles. The van der Waals surface area contributed by atoms with Crippen molar-refractivity contribution in [2.45, 2.75) is 57.4 Å².